The fraction of sp³-hybridized carbons (Fsp3) is 0.273. The van der Waals surface area contributed by atoms with Crippen molar-refractivity contribution in [2.75, 3.05) is 5.75 Å². The average molecular weight is 289 g/mol. The molecule has 0 saturated heterocycles. The topological polar surface area (TPSA) is 115 Å². The van der Waals surface area contributed by atoms with Crippen LogP contribution in [0.25, 0.3) is 0 Å². The third-order valence-electron chi connectivity index (χ3n) is 2.50. The molecule has 19 heavy (non-hydrogen) atoms. The SMILES string of the molecule is Cc1c(F)cc(C(=O)O)cc1S(=O)(=O)CCC(N)=O. The van der Waals surface area contributed by atoms with Crippen LogP contribution in [-0.4, -0.2) is 31.2 Å². The van der Waals surface area contributed by atoms with Gasteiger partial charge in [-0.25, -0.2) is 17.6 Å². The smallest absolute Gasteiger partial charge is 0.335 e. The lowest BCUT2D eigenvalue weighted by molar-refractivity contribution is -0.117. The predicted molar refractivity (Wildman–Crippen MR) is 64.0 cm³/mol. The molecule has 1 rings (SSSR count). The minimum Gasteiger partial charge on any atom is -0.478 e. The molecular weight excluding hydrogens is 277 g/mol. The standard InChI is InChI=1S/C11H12FNO5S/c1-6-8(12)4-7(11(15)16)5-9(6)19(17,18)3-2-10(13)14/h4-5H,2-3H2,1H3,(H2,13,14)(H,15,16). The van der Waals surface area contributed by atoms with E-state index in [9.17, 15) is 22.4 Å². The summed E-state index contributed by atoms with van der Waals surface area (Å²) < 4.78 is 37.3. The van der Waals surface area contributed by atoms with E-state index in [0.717, 1.165) is 12.1 Å². The van der Waals surface area contributed by atoms with Crippen molar-refractivity contribution in [3.63, 3.8) is 0 Å². The lowest BCUT2D eigenvalue weighted by Crippen LogP contribution is -2.18. The molecule has 0 spiro atoms. The van der Waals surface area contributed by atoms with Crippen molar-refractivity contribution in [1.82, 2.24) is 0 Å². The number of carbonyl (C=O) groups excluding carboxylic acids is 1. The first kappa shape index (κ1) is 15.1. The number of carboxylic acids is 1. The van der Waals surface area contributed by atoms with Gasteiger partial charge < -0.3 is 10.8 Å². The maximum absolute atomic E-state index is 13.5. The Kier molecular flexibility index (Phi) is 4.25. The van der Waals surface area contributed by atoms with Crippen molar-refractivity contribution in [2.45, 2.75) is 18.2 Å². The first-order valence-corrected chi connectivity index (χ1v) is 6.85. The molecule has 1 aromatic rings. The third kappa shape index (κ3) is 3.50. The molecule has 0 fully saturated rings. The van der Waals surface area contributed by atoms with Gasteiger partial charge in [-0.3, -0.25) is 4.79 Å². The van der Waals surface area contributed by atoms with E-state index in [2.05, 4.69) is 0 Å². The molecule has 0 atom stereocenters. The van der Waals surface area contributed by atoms with Gasteiger partial charge >= 0.3 is 5.97 Å². The van der Waals surface area contributed by atoms with E-state index in [0.29, 0.717) is 0 Å². The second-order valence-corrected chi connectivity index (χ2v) is 6.00. The minimum atomic E-state index is -3.97. The molecule has 1 aromatic carbocycles. The maximum Gasteiger partial charge on any atom is 0.335 e. The van der Waals surface area contributed by atoms with Crippen molar-refractivity contribution in [3.05, 3.63) is 29.1 Å². The Bertz CT molecular complexity index is 639. The summed E-state index contributed by atoms with van der Waals surface area (Å²) in [6.07, 6.45) is -0.416. The maximum atomic E-state index is 13.5. The average Bonchev–Trinajstić information content (AvgIpc) is 2.29. The summed E-state index contributed by atoms with van der Waals surface area (Å²) >= 11 is 0. The molecule has 0 aliphatic rings. The number of carbonyl (C=O) groups is 2. The number of rotatable bonds is 5. The van der Waals surface area contributed by atoms with Crippen molar-refractivity contribution in [2.24, 2.45) is 5.73 Å². The lowest BCUT2D eigenvalue weighted by atomic mass is 10.1. The van der Waals surface area contributed by atoms with Crippen LogP contribution in [0, 0.1) is 12.7 Å². The summed E-state index contributed by atoms with van der Waals surface area (Å²) in [5.74, 6) is -3.77. The Balaban J connectivity index is 3.33. The van der Waals surface area contributed by atoms with Crippen LogP contribution in [0.3, 0.4) is 0 Å². The number of hydrogen-bond donors (Lipinski definition) is 2. The van der Waals surface area contributed by atoms with E-state index in [1.165, 1.54) is 6.92 Å². The molecule has 6 nitrogen and oxygen atoms in total. The number of primary amides is 1. The fourth-order valence-electron chi connectivity index (χ4n) is 1.45. The van der Waals surface area contributed by atoms with Crippen LogP contribution in [0.1, 0.15) is 22.3 Å². The highest BCUT2D eigenvalue weighted by Crippen LogP contribution is 2.22. The Morgan fingerprint density at radius 3 is 2.42 bits per heavy atom. The van der Waals surface area contributed by atoms with Gasteiger partial charge in [0.1, 0.15) is 5.82 Å². The number of aromatic carboxylic acids is 1. The van der Waals surface area contributed by atoms with Crippen LogP contribution in [0.15, 0.2) is 17.0 Å². The van der Waals surface area contributed by atoms with Gasteiger partial charge in [0.15, 0.2) is 9.84 Å². The van der Waals surface area contributed by atoms with E-state index >= 15 is 0 Å². The zero-order valence-electron chi connectivity index (χ0n) is 10.0. The first-order chi connectivity index (χ1) is 8.65. The molecular formula is C11H12FNO5S. The highest BCUT2D eigenvalue weighted by atomic mass is 32.2. The Hall–Kier alpha value is -1.96. The van der Waals surface area contributed by atoms with Gasteiger partial charge in [0.05, 0.1) is 16.2 Å². The molecule has 0 unspecified atom stereocenters. The van der Waals surface area contributed by atoms with Crippen LogP contribution < -0.4 is 5.73 Å². The van der Waals surface area contributed by atoms with Crippen molar-refractivity contribution >= 4 is 21.7 Å². The van der Waals surface area contributed by atoms with E-state index in [4.69, 9.17) is 10.8 Å². The fourth-order valence-corrected chi connectivity index (χ4v) is 3.01. The van der Waals surface area contributed by atoms with Gasteiger partial charge in [0.2, 0.25) is 5.91 Å². The Morgan fingerprint density at radius 2 is 1.95 bits per heavy atom. The van der Waals surface area contributed by atoms with E-state index in [1.807, 2.05) is 0 Å². The van der Waals surface area contributed by atoms with Gasteiger partial charge in [-0.2, -0.15) is 0 Å². The van der Waals surface area contributed by atoms with Gasteiger partial charge in [0.25, 0.3) is 0 Å². The Morgan fingerprint density at radius 1 is 1.37 bits per heavy atom. The Labute approximate surface area is 109 Å². The summed E-state index contributed by atoms with van der Waals surface area (Å²) in [5, 5.41) is 8.77. The second-order valence-electron chi connectivity index (χ2n) is 3.92. The van der Waals surface area contributed by atoms with Crippen LogP contribution in [0.4, 0.5) is 4.39 Å². The van der Waals surface area contributed by atoms with Gasteiger partial charge in [0, 0.05) is 12.0 Å². The highest BCUT2D eigenvalue weighted by Gasteiger charge is 2.22. The zero-order valence-corrected chi connectivity index (χ0v) is 10.8. The van der Waals surface area contributed by atoms with Gasteiger partial charge in [-0.05, 0) is 19.1 Å². The highest BCUT2D eigenvalue weighted by molar-refractivity contribution is 7.91. The molecule has 0 saturated carbocycles. The van der Waals surface area contributed by atoms with Crippen LogP contribution in [-0.2, 0) is 14.6 Å². The number of hydrogen-bond acceptors (Lipinski definition) is 4. The molecule has 0 aliphatic carbocycles. The molecule has 104 valence electrons. The zero-order chi connectivity index (χ0) is 14.8. The number of nitrogens with two attached hydrogens (primary N) is 1. The lowest BCUT2D eigenvalue weighted by Gasteiger charge is -2.09. The van der Waals surface area contributed by atoms with E-state index in [1.54, 1.807) is 0 Å². The molecule has 0 aliphatic heterocycles. The normalized spacial score (nSPS) is 11.3. The second kappa shape index (κ2) is 5.35. The third-order valence-corrected chi connectivity index (χ3v) is 4.33. The number of sulfone groups is 1. The summed E-state index contributed by atoms with van der Waals surface area (Å²) in [7, 11) is -3.97. The molecule has 1 amide bonds. The molecule has 8 heteroatoms. The quantitative estimate of drug-likeness (QED) is 0.818. The number of halogens is 1. The van der Waals surface area contributed by atoms with E-state index < -0.39 is 50.2 Å². The molecule has 3 N–H and O–H groups in total. The largest absolute Gasteiger partial charge is 0.478 e. The molecule has 0 aromatic heterocycles. The summed E-state index contributed by atoms with van der Waals surface area (Å²) in [4.78, 5) is 20.9. The summed E-state index contributed by atoms with van der Waals surface area (Å²) in [6, 6.07) is 1.61. The monoisotopic (exact) mass is 289 g/mol. The van der Waals surface area contributed by atoms with Crippen molar-refractivity contribution in [3.8, 4) is 0 Å². The van der Waals surface area contributed by atoms with Gasteiger partial charge in [-0.15, -0.1) is 0 Å². The van der Waals surface area contributed by atoms with Gasteiger partial charge in [-0.1, -0.05) is 0 Å². The van der Waals surface area contributed by atoms with Crippen LogP contribution in [0.5, 0.6) is 0 Å². The first-order valence-electron chi connectivity index (χ1n) is 5.19. The predicted octanol–water partition coefficient (Wildman–Crippen LogP) is 0.481. The van der Waals surface area contributed by atoms with Crippen LogP contribution in [0.2, 0.25) is 0 Å². The number of amides is 1. The number of carboxylic acid groups (broad SMARTS) is 1. The van der Waals surface area contributed by atoms with Crippen LogP contribution >= 0.6 is 0 Å². The number of benzene rings is 1. The molecule has 0 radical (unpaired) electrons. The summed E-state index contributed by atoms with van der Waals surface area (Å²) in [5.41, 5.74) is 4.20. The molecule has 0 heterocycles. The van der Waals surface area contributed by atoms with Crippen molar-refractivity contribution < 1.29 is 27.5 Å². The van der Waals surface area contributed by atoms with E-state index in [-0.39, 0.29) is 5.56 Å². The minimum absolute atomic E-state index is 0.186. The van der Waals surface area contributed by atoms with Crippen molar-refractivity contribution in [1.29, 1.82) is 0 Å². The summed E-state index contributed by atoms with van der Waals surface area (Å²) in [6.45, 7) is 1.22. The molecule has 0 bridgehead atoms.